The van der Waals surface area contributed by atoms with Crippen LogP contribution in [-0.4, -0.2) is 36.9 Å². The number of carboxylic acid groups (broad SMARTS) is 1. The number of hydrogen-bond donors (Lipinski definition) is 2. The molecule has 0 heterocycles. The van der Waals surface area contributed by atoms with Crippen LogP contribution in [0, 0.1) is 0 Å². The molecule has 1 amide bonds. The Bertz CT molecular complexity index is 625. The summed E-state index contributed by atoms with van der Waals surface area (Å²) >= 11 is 0. The Morgan fingerprint density at radius 1 is 1.18 bits per heavy atom. The Hall–Kier alpha value is -1.89. The van der Waals surface area contributed by atoms with Gasteiger partial charge in [0, 0.05) is 5.69 Å². The highest BCUT2D eigenvalue weighted by molar-refractivity contribution is 7.92. The molecule has 0 aromatic heterocycles. The lowest BCUT2D eigenvalue weighted by atomic mass is 10.1. The molecule has 0 aliphatic heterocycles. The van der Waals surface area contributed by atoms with Gasteiger partial charge in [-0.15, -0.1) is 0 Å². The zero-order chi connectivity index (χ0) is 16.6. The first-order valence-corrected chi connectivity index (χ1v) is 8.96. The Morgan fingerprint density at radius 3 is 2.50 bits per heavy atom. The first-order valence-electron chi connectivity index (χ1n) is 7.14. The Labute approximate surface area is 130 Å². The second-order valence-corrected chi connectivity index (χ2v) is 7.26. The third-order valence-electron chi connectivity index (χ3n) is 3.04. The largest absolute Gasteiger partial charge is 0.481 e. The van der Waals surface area contributed by atoms with Crippen molar-refractivity contribution in [1.82, 2.24) is 0 Å². The van der Waals surface area contributed by atoms with E-state index < -0.39 is 27.5 Å². The lowest BCUT2D eigenvalue weighted by molar-refractivity contribution is -0.136. The third-order valence-corrected chi connectivity index (χ3v) is 4.66. The fourth-order valence-electron chi connectivity index (χ4n) is 1.99. The summed E-state index contributed by atoms with van der Waals surface area (Å²) in [6, 6.07) is 6.45. The van der Waals surface area contributed by atoms with E-state index in [2.05, 4.69) is 5.32 Å². The summed E-state index contributed by atoms with van der Waals surface area (Å²) in [4.78, 5) is 22.6. The van der Waals surface area contributed by atoms with Crippen molar-refractivity contribution in [3.05, 3.63) is 29.8 Å². The molecule has 0 bridgehead atoms. The van der Waals surface area contributed by atoms with Crippen molar-refractivity contribution in [2.24, 2.45) is 0 Å². The molecule has 0 saturated heterocycles. The molecule has 0 saturated carbocycles. The number of aliphatic carboxylic acids is 1. The highest BCUT2D eigenvalue weighted by atomic mass is 32.2. The summed E-state index contributed by atoms with van der Waals surface area (Å²) in [6.07, 6.45) is 2.02. The van der Waals surface area contributed by atoms with Crippen molar-refractivity contribution >= 4 is 27.4 Å². The van der Waals surface area contributed by atoms with Crippen molar-refractivity contribution in [2.75, 3.05) is 16.8 Å². The molecule has 1 aromatic rings. The summed E-state index contributed by atoms with van der Waals surface area (Å²) in [6.45, 7) is 1.97. The van der Waals surface area contributed by atoms with Crippen LogP contribution in [0.2, 0.25) is 0 Å². The molecule has 0 aliphatic carbocycles. The zero-order valence-corrected chi connectivity index (χ0v) is 13.4. The number of sulfone groups is 1. The highest BCUT2D eigenvalue weighted by Crippen LogP contribution is 2.16. The quantitative estimate of drug-likeness (QED) is 0.674. The highest BCUT2D eigenvalue weighted by Gasteiger charge is 2.17. The summed E-state index contributed by atoms with van der Waals surface area (Å²) in [5.41, 5.74) is 0.769. The molecule has 1 aromatic carbocycles. The van der Waals surface area contributed by atoms with Gasteiger partial charge in [0.15, 0.2) is 9.84 Å². The standard InChI is InChI=1S/C15H21NO5S/c1-2-3-6-9-22(20,21)11-14(17)16-13-8-5-4-7-12(13)10-15(18)19/h4-5,7-8H,2-3,6,9-11H2,1H3,(H,16,17)(H,18,19). The van der Waals surface area contributed by atoms with E-state index in [4.69, 9.17) is 5.11 Å². The van der Waals surface area contributed by atoms with Gasteiger partial charge in [0.1, 0.15) is 5.75 Å². The summed E-state index contributed by atoms with van der Waals surface area (Å²) in [5.74, 6) is -2.26. The van der Waals surface area contributed by atoms with Gasteiger partial charge in [-0.1, -0.05) is 38.0 Å². The molecule has 0 spiro atoms. The number of carbonyl (C=O) groups is 2. The van der Waals surface area contributed by atoms with Gasteiger partial charge < -0.3 is 10.4 Å². The van der Waals surface area contributed by atoms with Gasteiger partial charge in [-0.3, -0.25) is 9.59 Å². The smallest absolute Gasteiger partial charge is 0.307 e. The van der Waals surface area contributed by atoms with E-state index in [0.29, 0.717) is 17.7 Å². The monoisotopic (exact) mass is 327 g/mol. The average Bonchev–Trinajstić information content (AvgIpc) is 2.40. The number of hydrogen-bond acceptors (Lipinski definition) is 4. The van der Waals surface area contributed by atoms with Crippen molar-refractivity contribution in [2.45, 2.75) is 32.6 Å². The van der Waals surface area contributed by atoms with Crippen LogP contribution in [0.4, 0.5) is 5.69 Å². The molecule has 0 fully saturated rings. The number of carbonyl (C=O) groups excluding carboxylic acids is 1. The van der Waals surface area contributed by atoms with Gasteiger partial charge in [-0.25, -0.2) is 8.42 Å². The van der Waals surface area contributed by atoms with Crippen LogP contribution in [0.1, 0.15) is 31.7 Å². The van der Waals surface area contributed by atoms with E-state index in [1.807, 2.05) is 6.92 Å². The van der Waals surface area contributed by atoms with E-state index in [1.54, 1.807) is 24.3 Å². The summed E-state index contributed by atoms with van der Waals surface area (Å²) in [5, 5.41) is 11.3. The molecule has 0 unspecified atom stereocenters. The molecule has 7 heteroatoms. The van der Waals surface area contributed by atoms with Gasteiger partial charge >= 0.3 is 5.97 Å². The maximum absolute atomic E-state index is 11.9. The van der Waals surface area contributed by atoms with Gasteiger partial charge in [-0.2, -0.15) is 0 Å². The topological polar surface area (TPSA) is 101 Å². The first kappa shape index (κ1) is 18.2. The molecule has 1 rings (SSSR count). The molecule has 6 nitrogen and oxygen atoms in total. The molecule has 0 aliphatic rings. The van der Waals surface area contributed by atoms with Crippen molar-refractivity contribution in [3.63, 3.8) is 0 Å². The Kier molecular flexibility index (Phi) is 7.04. The predicted octanol–water partition coefficient (Wildman–Crippen LogP) is 1.86. The van der Waals surface area contributed by atoms with Crippen molar-refractivity contribution in [3.8, 4) is 0 Å². The molecule has 122 valence electrons. The number of rotatable bonds is 9. The molecule has 0 radical (unpaired) electrons. The number of benzene rings is 1. The third kappa shape index (κ3) is 6.71. The Balaban J connectivity index is 2.67. The van der Waals surface area contributed by atoms with Crippen LogP contribution in [0.25, 0.3) is 0 Å². The lowest BCUT2D eigenvalue weighted by Crippen LogP contribution is -2.25. The van der Waals surface area contributed by atoms with Gasteiger partial charge in [-0.05, 0) is 18.1 Å². The summed E-state index contributed by atoms with van der Waals surface area (Å²) in [7, 11) is -3.44. The fraction of sp³-hybridized carbons (Fsp3) is 0.467. The maximum Gasteiger partial charge on any atom is 0.307 e. The van der Waals surface area contributed by atoms with E-state index in [9.17, 15) is 18.0 Å². The number of nitrogens with one attached hydrogen (secondary N) is 1. The van der Waals surface area contributed by atoms with Gasteiger partial charge in [0.2, 0.25) is 5.91 Å². The SMILES string of the molecule is CCCCCS(=O)(=O)CC(=O)Nc1ccccc1CC(=O)O. The molecule has 22 heavy (non-hydrogen) atoms. The minimum absolute atomic E-state index is 0.00890. The molecular weight excluding hydrogens is 306 g/mol. The van der Waals surface area contributed by atoms with Gasteiger partial charge in [0.05, 0.1) is 12.2 Å². The first-order chi connectivity index (χ1) is 10.3. The summed E-state index contributed by atoms with van der Waals surface area (Å²) < 4.78 is 23.6. The van der Waals surface area contributed by atoms with Crippen molar-refractivity contribution < 1.29 is 23.1 Å². The predicted molar refractivity (Wildman–Crippen MR) is 84.6 cm³/mol. The molecular formula is C15H21NO5S. The fourth-order valence-corrected chi connectivity index (χ4v) is 3.25. The van der Waals surface area contributed by atoms with Crippen LogP contribution >= 0.6 is 0 Å². The zero-order valence-electron chi connectivity index (χ0n) is 12.5. The van der Waals surface area contributed by atoms with E-state index >= 15 is 0 Å². The number of unbranched alkanes of at least 4 members (excludes halogenated alkanes) is 2. The minimum Gasteiger partial charge on any atom is -0.481 e. The number of amides is 1. The number of carboxylic acids is 1. The molecule has 0 atom stereocenters. The Morgan fingerprint density at radius 2 is 1.86 bits per heavy atom. The van der Waals surface area contributed by atoms with E-state index in [0.717, 1.165) is 12.8 Å². The van der Waals surface area contributed by atoms with E-state index in [-0.39, 0.29) is 12.2 Å². The number of anilines is 1. The van der Waals surface area contributed by atoms with Crippen LogP contribution in [0.15, 0.2) is 24.3 Å². The van der Waals surface area contributed by atoms with Crippen molar-refractivity contribution in [1.29, 1.82) is 0 Å². The van der Waals surface area contributed by atoms with Crippen LogP contribution in [-0.2, 0) is 25.8 Å². The van der Waals surface area contributed by atoms with Gasteiger partial charge in [0.25, 0.3) is 0 Å². The number of para-hydroxylation sites is 1. The lowest BCUT2D eigenvalue weighted by Gasteiger charge is -2.10. The maximum atomic E-state index is 11.9. The second kappa shape index (κ2) is 8.53. The minimum atomic E-state index is -3.44. The van der Waals surface area contributed by atoms with E-state index in [1.165, 1.54) is 0 Å². The van der Waals surface area contributed by atoms with Crippen LogP contribution < -0.4 is 5.32 Å². The second-order valence-electron chi connectivity index (χ2n) is 5.07. The van der Waals surface area contributed by atoms with Crippen LogP contribution in [0.5, 0.6) is 0 Å². The van der Waals surface area contributed by atoms with Crippen LogP contribution in [0.3, 0.4) is 0 Å². The normalized spacial score (nSPS) is 11.1. The average molecular weight is 327 g/mol. The molecule has 2 N–H and O–H groups in total.